The van der Waals surface area contributed by atoms with Crippen LogP contribution in [0.15, 0.2) is 0 Å². The van der Waals surface area contributed by atoms with E-state index in [2.05, 4.69) is 39.9 Å². The second-order valence-corrected chi connectivity index (χ2v) is 12.8. The maximum Gasteiger partial charge on any atom is 0.410 e. The summed E-state index contributed by atoms with van der Waals surface area (Å²) < 4.78 is 11.5. The number of carbonyl (C=O) groups excluding carboxylic acids is 1. The molecule has 0 saturated carbocycles. The van der Waals surface area contributed by atoms with Gasteiger partial charge in [-0.15, -0.1) is 0 Å². The third-order valence-electron chi connectivity index (χ3n) is 3.78. The van der Waals surface area contributed by atoms with Crippen molar-refractivity contribution in [1.29, 1.82) is 5.26 Å². The summed E-state index contributed by atoms with van der Waals surface area (Å²) in [6, 6.07) is 2.07. The van der Waals surface area contributed by atoms with Crippen molar-refractivity contribution < 1.29 is 14.0 Å². The average Bonchev–Trinajstić information content (AvgIpc) is 2.29. The highest BCUT2D eigenvalue weighted by molar-refractivity contribution is 6.74. The smallest absolute Gasteiger partial charge is 0.410 e. The number of nitriles is 1. The Labute approximate surface area is 136 Å². The average molecular weight is 329 g/mol. The van der Waals surface area contributed by atoms with Crippen LogP contribution in [0.25, 0.3) is 0 Å². The van der Waals surface area contributed by atoms with Gasteiger partial charge >= 0.3 is 6.09 Å². The Hall–Kier alpha value is -1.06. The van der Waals surface area contributed by atoms with Crippen molar-refractivity contribution >= 4 is 14.4 Å². The van der Waals surface area contributed by atoms with E-state index in [9.17, 15) is 4.79 Å². The Morgan fingerprint density at radius 2 is 1.68 bits per heavy atom. The zero-order valence-electron chi connectivity index (χ0n) is 15.4. The Morgan fingerprint density at radius 3 is 2.09 bits per heavy atom. The first-order valence-corrected chi connectivity index (χ1v) is 10.7. The van der Waals surface area contributed by atoms with Crippen LogP contribution in [-0.4, -0.2) is 44.6 Å². The maximum atomic E-state index is 12.2. The summed E-state index contributed by atoms with van der Waals surface area (Å²) in [4.78, 5) is 13.7. The minimum Gasteiger partial charge on any atom is -0.444 e. The number of hydrogen-bond donors (Lipinski definition) is 0. The molecule has 0 atom stereocenters. The monoisotopic (exact) mass is 328 g/mol. The quantitative estimate of drug-likeness (QED) is 0.687. The maximum absolute atomic E-state index is 12.2. The molecule has 128 valence electrons. The van der Waals surface area contributed by atoms with E-state index in [1.54, 1.807) is 4.90 Å². The Kier molecular flexibility index (Phi) is 7.59. The van der Waals surface area contributed by atoms with E-state index in [-0.39, 0.29) is 11.1 Å². The topological polar surface area (TPSA) is 62.6 Å². The van der Waals surface area contributed by atoms with Gasteiger partial charge in [0.1, 0.15) is 5.60 Å². The minimum absolute atomic E-state index is 0.135. The van der Waals surface area contributed by atoms with Crippen LogP contribution in [0.5, 0.6) is 0 Å². The summed E-state index contributed by atoms with van der Waals surface area (Å²) in [7, 11) is -1.83. The van der Waals surface area contributed by atoms with Crippen LogP contribution >= 0.6 is 0 Å². The van der Waals surface area contributed by atoms with Gasteiger partial charge in [0.25, 0.3) is 0 Å². The molecule has 0 aromatic carbocycles. The Balaban J connectivity index is 4.62. The molecule has 0 aliphatic rings. The lowest BCUT2D eigenvalue weighted by molar-refractivity contribution is 0.0227. The van der Waals surface area contributed by atoms with Crippen molar-refractivity contribution in [3.05, 3.63) is 0 Å². The lowest BCUT2D eigenvalue weighted by Crippen LogP contribution is -2.44. The third kappa shape index (κ3) is 7.81. The highest BCUT2D eigenvalue weighted by atomic mass is 28.4. The van der Waals surface area contributed by atoms with E-state index in [0.29, 0.717) is 26.1 Å². The molecule has 0 aromatic rings. The summed E-state index contributed by atoms with van der Waals surface area (Å²) in [5.41, 5.74) is -0.539. The number of carbonyl (C=O) groups is 1. The molecule has 1 amide bonds. The summed E-state index contributed by atoms with van der Waals surface area (Å²) >= 11 is 0. The predicted octanol–water partition coefficient (Wildman–Crippen LogP) is 4.16. The van der Waals surface area contributed by atoms with Gasteiger partial charge in [-0.1, -0.05) is 20.8 Å². The fraction of sp³-hybridized carbons (Fsp3) is 0.875. The van der Waals surface area contributed by atoms with Crippen LogP contribution in [0, 0.1) is 11.3 Å². The van der Waals surface area contributed by atoms with Crippen molar-refractivity contribution in [2.24, 2.45) is 0 Å². The largest absolute Gasteiger partial charge is 0.444 e. The van der Waals surface area contributed by atoms with Gasteiger partial charge in [-0.2, -0.15) is 5.26 Å². The van der Waals surface area contributed by atoms with Crippen LogP contribution < -0.4 is 0 Å². The predicted molar refractivity (Wildman–Crippen MR) is 91.2 cm³/mol. The highest BCUT2D eigenvalue weighted by Gasteiger charge is 2.37. The Morgan fingerprint density at radius 1 is 1.14 bits per heavy atom. The van der Waals surface area contributed by atoms with Crippen LogP contribution in [0.2, 0.25) is 18.1 Å². The number of nitrogens with zero attached hydrogens (tertiary/aromatic N) is 2. The summed E-state index contributed by atoms with van der Waals surface area (Å²) in [6.07, 6.45) is -0.0964. The molecule has 6 heteroatoms. The SMILES string of the molecule is CC(C)(C)OC(=O)N(CCC#N)CCO[Si](C)(C)C(C)(C)C. The molecule has 0 aliphatic carbocycles. The second kappa shape index (κ2) is 7.98. The van der Waals surface area contributed by atoms with Crippen LogP contribution in [0.4, 0.5) is 4.79 Å². The molecular weight excluding hydrogens is 296 g/mol. The zero-order valence-corrected chi connectivity index (χ0v) is 16.4. The van der Waals surface area contributed by atoms with Gasteiger partial charge in [-0.05, 0) is 38.9 Å². The third-order valence-corrected chi connectivity index (χ3v) is 8.31. The minimum atomic E-state index is -1.83. The summed E-state index contributed by atoms with van der Waals surface area (Å²) in [6.45, 7) is 17.7. The fourth-order valence-corrected chi connectivity index (χ4v) is 2.47. The van der Waals surface area contributed by atoms with E-state index in [4.69, 9.17) is 14.4 Å². The molecule has 0 unspecified atom stereocenters. The van der Waals surface area contributed by atoms with Crippen LogP contribution in [-0.2, 0) is 9.16 Å². The lowest BCUT2D eigenvalue weighted by Gasteiger charge is -2.37. The molecule has 0 saturated heterocycles. The standard InChI is InChI=1S/C16H32N2O3Si/c1-15(2,3)21-14(19)18(11-9-10-17)12-13-20-22(7,8)16(4,5)6/h9,11-13H2,1-8H3. The van der Waals surface area contributed by atoms with Crippen molar-refractivity contribution in [3.63, 3.8) is 0 Å². The van der Waals surface area contributed by atoms with Gasteiger partial charge in [0.15, 0.2) is 8.32 Å². The zero-order chi connectivity index (χ0) is 17.6. The molecule has 0 rings (SSSR count). The van der Waals surface area contributed by atoms with E-state index in [1.807, 2.05) is 20.8 Å². The van der Waals surface area contributed by atoms with Crippen LogP contribution in [0.1, 0.15) is 48.0 Å². The molecule has 0 bridgehead atoms. The highest BCUT2D eigenvalue weighted by Crippen LogP contribution is 2.36. The summed E-state index contributed by atoms with van der Waals surface area (Å²) in [5, 5.41) is 8.87. The van der Waals surface area contributed by atoms with Crippen molar-refractivity contribution in [2.45, 2.75) is 71.7 Å². The van der Waals surface area contributed by atoms with Crippen LogP contribution in [0.3, 0.4) is 0 Å². The normalized spacial score (nSPS) is 12.7. The van der Waals surface area contributed by atoms with Gasteiger partial charge in [-0.25, -0.2) is 4.79 Å². The number of amides is 1. The first-order valence-electron chi connectivity index (χ1n) is 7.79. The first kappa shape index (κ1) is 20.9. The molecule has 5 nitrogen and oxygen atoms in total. The molecule has 0 fully saturated rings. The molecule has 0 heterocycles. The van der Waals surface area contributed by atoms with Gasteiger partial charge in [0, 0.05) is 13.1 Å². The fourth-order valence-electron chi connectivity index (χ4n) is 1.43. The van der Waals surface area contributed by atoms with E-state index in [1.165, 1.54) is 0 Å². The van der Waals surface area contributed by atoms with Gasteiger partial charge in [0.2, 0.25) is 0 Å². The lowest BCUT2D eigenvalue weighted by atomic mass is 10.2. The van der Waals surface area contributed by atoms with Crippen molar-refractivity contribution in [1.82, 2.24) is 4.90 Å². The molecule has 0 aromatic heterocycles. The molecule has 22 heavy (non-hydrogen) atoms. The Bertz CT molecular complexity index is 403. The molecule has 0 N–H and O–H groups in total. The summed E-state index contributed by atoms with van der Waals surface area (Å²) in [5.74, 6) is 0. The number of ether oxygens (including phenoxy) is 1. The van der Waals surface area contributed by atoms with Gasteiger partial charge in [-0.3, -0.25) is 0 Å². The second-order valence-electron chi connectivity index (χ2n) is 7.98. The molecule has 0 aliphatic heterocycles. The number of hydrogen-bond acceptors (Lipinski definition) is 4. The van der Waals surface area contributed by atoms with Gasteiger partial charge in [0.05, 0.1) is 19.1 Å². The number of rotatable bonds is 6. The van der Waals surface area contributed by atoms with Crippen molar-refractivity contribution in [2.75, 3.05) is 19.7 Å². The molecular formula is C16H32N2O3Si. The first-order chi connectivity index (χ1) is 9.80. The van der Waals surface area contributed by atoms with E-state index in [0.717, 1.165) is 0 Å². The molecule has 0 spiro atoms. The van der Waals surface area contributed by atoms with E-state index >= 15 is 0 Å². The van der Waals surface area contributed by atoms with Gasteiger partial charge < -0.3 is 14.1 Å². The van der Waals surface area contributed by atoms with E-state index < -0.39 is 13.9 Å². The van der Waals surface area contributed by atoms with Crippen molar-refractivity contribution in [3.8, 4) is 6.07 Å². The molecule has 0 radical (unpaired) electrons.